The van der Waals surface area contributed by atoms with Crippen molar-refractivity contribution in [2.24, 2.45) is 0 Å². The first kappa shape index (κ1) is 22.1. The molecule has 30 heavy (non-hydrogen) atoms. The van der Waals surface area contributed by atoms with Crippen molar-refractivity contribution in [1.29, 1.82) is 0 Å². The maximum Gasteiger partial charge on any atom is 0.254 e. The molecule has 0 aliphatic carbocycles. The average Bonchev–Trinajstić information content (AvgIpc) is 3.23. The molecule has 0 spiro atoms. The summed E-state index contributed by atoms with van der Waals surface area (Å²) >= 11 is 0. The summed E-state index contributed by atoms with van der Waals surface area (Å²) in [5, 5.41) is 0. The van der Waals surface area contributed by atoms with Crippen LogP contribution in [-0.2, 0) is 6.54 Å². The Labute approximate surface area is 178 Å². The summed E-state index contributed by atoms with van der Waals surface area (Å²) in [4.78, 5) is 17.5. The third kappa shape index (κ3) is 5.30. The van der Waals surface area contributed by atoms with Crippen LogP contribution >= 0.6 is 0 Å². The Bertz CT molecular complexity index is 854. The van der Waals surface area contributed by atoms with Crippen LogP contribution in [-0.4, -0.2) is 48.2 Å². The number of rotatable bonds is 10. The molecule has 1 aliphatic heterocycles. The van der Waals surface area contributed by atoms with Gasteiger partial charge in [0.25, 0.3) is 5.91 Å². The molecule has 1 atom stereocenters. The van der Waals surface area contributed by atoms with Gasteiger partial charge in [-0.25, -0.2) is 4.39 Å². The van der Waals surface area contributed by atoms with Gasteiger partial charge in [0, 0.05) is 23.7 Å². The molecule has 0 fully saturated rings. The van der Waals surface area contributed by atoms with E-state index < -0.39 is 0 Å². The van der Waals surface area contributed by atoms with E-state index in [9.17, 15) is 9.18 Å². The van der Waals surface area contributed by atoms with E-state index in [1.54, 1.807) is 41.3 Å². The van der Waals surface area contributed by atoms with Crippen molar-refractivity contribution < 1.29 is 18.7 Å². The number of carbonyl (C=O) groups is 1. The number of hydrogen-bond acceptors (Lipinski definition) is 4. The van der Waals surface area contributed by atoms with Crippen molar-refractivity contribution in [2.75, 3.05) is 26.4 Å². The smallest absolute Gasteiger partial charge is 0.254 e. The van der Waals surface area contributed by atoms with E-state index >= 15 is 0 Å². The Morgan fingerprint density at radius 1 is 1.10 bits per heavy atom. The molecule has 0 aromatic heterocycles. The highest BCUT2D eigenvalue weighted by Gasteiger charge is 2.25. The Balaban J connectivity index is 1.78. The fraction of sp³-hybridized carbons (Fsp3) is 0.458. The molecule has 2 aromatic carbocycles. The van der Waals surface area contributed by atoms with Gasteiger partial charge >= 0.3 is 0 Å². The normalized spacial score (nSPS) is 13.5. The van der Waals surface area contributed by atoms with Gasteiger partial charge in [0.15, 0.2) is 11.5 Å². The predicted molar refractivity (Wildman–Crippen MR) is 115 cm³/mol. The van der Waals surface area contributed by atoms with E-state index in [1.807, 2.05) is 6.92 Å². The lowest BCUT2D eigenvalue weighted by Gasteiger charge is -2.30. The number of amides is 1. The highest BCUT2D eigenvalue weighted by molar-refractivity contribution is 5.95. The van der Waals surface area contributed by atoms with E-state index in [4.69, 9.17) is 9.47 Å². The van der Waals surface area contributed by atoms with Crippen molar-refractivity contribution in [3.63, 3.8) is 0 Å². The fourth-order valence-corrected chi connectivity index (χ4v) is 3.74. The van der Waals surface area contributed by atoms with Gasteiger partial charge < -0.3 is 19.3 Å². The van der Waals surface area contributed by atoms with E-state index in [0.29, 0.717) is 22.6 Å². The third-order valence-electron chi connectivity index (χ3n) is 5.70. The van der Waals surface area contributed by atoms with Gasteiger partial charge in [-0.1, -0.05) is 32.0 Å². The molecule has 3 rings (SSSR count). The molecule has 162 valence electrons. The Kier molecular flexibility index (Phi) is 7.69. The molecule has 1 unspecified atom stereocenters. The van der Waals surface area contributed by atoms with Crippen LogP contribution in [0.3, 0.4) is 0 Å². The highest BCUT2D eigenvalue weighted by atomic mass is 19.1. The lowest BCUT2D eigenvalue weighted by Crippen LogP contribution is -2.39. The van der Waals surface area contributed by atoms with Crippen LogP contribution in [0.1, 0.15) is 49.5 Å². The Hall–Kier alpha value is -2.60. The standard InChI is InChI=1S/C24H31FN2O3/c1-4-26(5-2)14-8-9-18(3)27(16-20-10-6-7-11-21(20)25)24(28)19-12-13-22-23(15-19)30-17-29-22/h6-7,10-13,15,18H,4-5,8-9,14,16-17H2,1-3H3. The molecule has 5 nitrogen and oxygen atoms in total. The maximum absolute atomic E-state index is 14.3. The Morgan fingerprint density at radius 2 is 1.83 bits per heavy atom. The second kappa shape index (κ2) is 10.4. The van der Waals surface area contributed by atoms with Crippen LogP contribution in [0.2, 0.25) is 0 Å². The van der Waals surface area contributed by atoms with E-state index in [1.165, 1.54) is 6.07 Å². The summed E-state index contributed by atoms with van der Waals surface area (Å²) in [5.41, 5.74) is 1.04. The first-order valence-corrected chi connectivity index (χ1v) is 10.7. The molecular formula is C24H31FN2O3. The second-order valence-corrected chi connectivity index (χ2v) is 7.61. The monoisotopic (exact) mass is 414 g/mol. The molecule has 1 heterocycles. The van der Waals surface area contributed by atoms with Gasteiger partial charge in [0.2, 0.25) is 6.79 Å². The van der Waals surface area contributed by atoms with Crippen LogP contribution in [0.25, 0.3) is 0 Å². The molecular weight excluding hydrogens is 383 g/mol. The molecule has 1 aliphatic rings. The van der Waals surface area contributed by atoms with E-state index in [-0.39, 0.29) is 31.1 Å². The number of hydrogen-bond donors (Lipinski definition) is 0. The first-order chi connectivity index (χ1) is 14.5. The van der Waals surface area contributed by atoms with Crippen LogP contribution in [0.15, 0.2) is 42.5 Å². The lowest BCUT2D eigenvalue weighted by atomic mass is 10.1. The topological polar surface area (TPSA) is 42.0 Å². The molecule has 0 saturated heterocycles. The van der Waals surface area contributed by atoms with Crippen molar-refractivity contribution in [3.05, 3.63) is 59.4 Å². The number of halogens is 1. The highest BCUT2D eigenvalue weighted by Crippen LogP contribution is 2.33. The maximum atomic E-state index is 14.3. The van der Waals surface area contributed by atoms with Crippen molar-refractivity contribution in [1.82, 2.24) is 9.80 Å². The molecule has 2 aromatic rings. The molecule has 0 N–H and O–H groups in total. The quantitative estimate of drug-likeness (QED) is 0.565. The zero-order chi connectivity index (χ0) is 21.5. The van der Waals surface area contributed by atoms with Crippen LogP contribution in [0.5, 0.6) is 11.5 Å². The fourth-order valence-electron chi connectivity index (χ4n) is 3.74. The third-order valence-corrected chi connectivity index (χ3v) is 5.70. The average molecular weight is 415 g/mol. The van der Waals surface area contributed by atoms with Gasteiger partial charge in [0.05, 0.1) is 0 Å². The zero-order valence-corrected chi connectivity index (χ0v) is 18.1. The van der Waals surface area contributed by atoms with Gasteiger partial charge in [-0.2, -0.15) is 0 Å². The van der Waals surface area contributed by atoms with Gasteiger partial charge in [-0.3, -0.25) is 4.79 Å². The lowest BCUT2D eigenvalue weighted by molar-refractivity contribution is 0.0659. The summed E-state index contributed by atoms with van der Waals surface area (Å²) in [6, 6.07) is 11.8. The minimum absolute atomic E-state index is 0.0295. The molecule has 0 radical (unpaired) electrons. The van der Waals surface area contributed by atoms with Crippen molar-refractivity contribution in [2.45, 2.75) is 46.2 Å². The van der Waals surface area contributed by atoms with Crippen LogP contribution in [0.4, 0.5) is 4.39 Å². The molecule has 0 saturated carbocycles. The number of ether oxygens (including phenoxy) is 2. The number of fused-ring (bicyclic) bond motifs is 1. The van der Waals surface area contributed by atoms with Gasteiger partial charge in [-0.15, -0.1) is 0 Å². The summed E-state index contributed by atoms with van der Waals surface area (Å²) in [7, 11) is 0. The van der Waals surface area contributed by atoms with E-state index in [2.05, 4.69) is 18.7 Å². The minimum atomic E-state index is -0.295. The van der Waals surface area contributed by atoms with E-state index in [0.717, 1.165) is 32.5 Å². The summed E-state index contributed by atoms with van der Waals surface area (Å²) < 4.78 is 25.1. The van der Waals surface area contributed by atoms with Crippen LogP contribution in [0, 0.1) is 5.82 Å². The summed E-state index contributed by atoms with van der Waals surface area (Å²) in [6.07, 6.45) is 1.83. The van der Waals surface area contributed by atoms with Gasteiger partial charge in [0.1, 0.15) is 5.82 Å². The van der Waals surface area contributed by atoms with Crippen molar-refractivity contribution >= 4 is 5.91 Å². The molecule has 0 bridgehead atoms. The Morgan fingerprint density at radius 3 is 2.57 bits per heavy atom. The largest absolute Gasteiger partial charge is 0.454 e. The predicted octanol–water partition coefficient (Wildman–Crippen LogP) is 4.71. The number of nitrogens with zero attached hydrogens (tertiary/aromatic N) is 2. The minimum Gasteiger partial charge on any atom is -0.454 e. The first-order valence-electron chi connectivity index (χ1n) is 10.7. The molecule has 1 amide bonds. The van der Waals surface area contributed by atoms with Crippen LogP contribution < -0.4 is 9.47 Å². The summed E-state index contributed by atoms with van der Waals surface area (Å²) in [5.74, 6) is 0.781. The van der Waals surface area contributed by atoms with Gasteiger partial charge in [-0.05, 0) is 63.7 Å². The SMILES string of the molecule is CCN(CC)CCCC(C)N(Cc1ccccc1F)C(=O)c1ccc2c(c1)OCO2. The molecule has 6 heteroatoms. The number of benzene rings is 2. The summed E-state index contributed by atoms with van der Waals surface area (Å²) in [6.45, 7) is 9.75. The number of carbonyl (C=O) groups excluding carboxylic acids is 1. The zero-order valence-electron chi connectivity index (χ0n) is 18.1. The second-order valence-electron chi connectivity index (χ2n) is 7.61. The van der Waals surface area contributed by atoms with Crippen molar-refractivity contribution in [3.8, 4) is 11.5 Å².